The van der Waals surface area contributed by atoms with Gasteiger partial charge in [0.25, 0.3) is 5.91 Å². The van der Waals surface area contributed by atoms with Crippen LogP contribution in [-0.2, 0) is 11.3 Å². The molecule has 1 saturated heterocycles. The zero-order valence-electron chi connectivity index (χ0n) is 12.5. The van der Waals surface area contributed by atoms with Crippen LogP contribution in [0.3, 0.4) is 0 Å². The number of nitrogens with zero attached hydrogens (tertiary/aromatic N) is 2. The quantitative estimate of drug-likeness (QED) is 0.904. The molecule has 2 aromatic rings. The highest BCUT2D eigenvalue weighted by Gasteiger charge is 2.41. The van der Waals surface area contributed by atoms with E-state index in [0.29, 0.717) is 24.5 Å². The molecule has 1 aliphatic heterocycles. The van der Waals surface area contributed by atoms with Crippen molar-refractivity contribution in [3.8, 4) is 11.3 Å². The molecule has 0 radical (unpaired) electrons. The van der Waals surface area contributed by atoms with Crippen LogP contribution in [0.1, 0.15) is 12.2 Å². The van der Waals surface area contributed by atoms with E-state index in [-0.39, 0.29) is 5.91 Å². The third kappa shape index (κ3) is 3.03. The molecule has 0 spiro atoms. The number of rotatable bonds is 4. The van der Waals surface area contributed by atoms with Crippen LogP contribution in [0.15, 0.2) is 36.5 Å². The molecule has 0 bridgehead atoms. The molecule has 1 aliphatic rings. The Hall–Kier alpha value is -1.79. The summed E-state index contributed by atoms with van der Waals surface area (Å²) in [7, 11) is 1.70. The van der Waals surface area contributed by atoms with Gasteiger partial charge in [-0.15, -0.1) is 0 Å². The van der Waals surface area contributed by atoms with Gasteiger partial charge in [-0.25, -0.2) is 4.98 Å². The Kier molecular flexibility index (Phi) is 4.22. The fraction of sp³-hybridized carbons (Fsp3) is 0.375. The highest BCUT2D eigenvalue weighted by molar-refractivity contribution is 7.99. The van der Waals surface area contributed by atoms with Gasteiger partial charge in [0, 0.05) is 12.8 Å². The molecule has 1 atom stereocenters. The Labute approximate surface area is 133 Å². The highest BCUT2D eigenvalue weighted by atomic mass is 32.2. The number of aliphatic hydroxyl groups is 1. The first-order chi connectivity index (χ1) is 10.6. The molecule has 5 nitrogen and oxygen atoms in total. The van der Waals surface area contributed by atoms with Crippen molar-refractivity contribution in [2.45, 2.75) is 18.6 Å². The molecule has 116 valence electrons. The standard InChI is InChI=1S/C16H19N3O2S/c1-19(15(20)16(21)7-8-22-11-16)10-14-17-9-13(18-14)12-5-3-2-4-6-12/h2-6,9,21H,7-8,10-11H2,1H3,(H,17,18). The smallest absolute Gasteiger partial charge is 0.255 e. The van der Waals surface area contributed by atoms with E-state index in [0.717, 1.165) is 17.0 Å². The van der Waals surface area contributed by atoms with E-state index in [1.807, 2.05) is 30.3 Å². The summed E-state index contributed by atoms with van der Waals surface area (Å²) < 4.78 is 0. The Morgan fingerprint density at radius 2 is 2.23 bits per heavy atom. The minimum Gasteiger partial charge on any atom is -0.379 e. The Morgan fingerprint density at radius 3 is 2.91 bits per heavy atom. The second-order valence-corrected chi connectivity index (χ2v) is 6.71. The van der Waals surface area contributed by atoms with Crippen molar-refractivity contribution in [2.75, 3.05) is 18.6 Å². The Morgan fingerprint density at radius 1 is 1.45 bits per heavy atom. The SMILES string of the molecule is CN(Cc1ncc(-c2ccccc2)[nH]1)C(=O)C1(O)CCSC1. The molecule has 0 aliphatic carbocycles. The van der Waals surface area contributed by atoms with E-state index in [2.05, 4.69) is 9.97 Å². The summed E-state index contributed by atoms with van der Waals surface area (Å²) in [6.07, 6.45) is 2.29. The largest absolute Gasteiger partial charge is 0.379 e. The van der Waals surface area contributed by atoms with Gasteiger partial charge in [-0.05, 0) is 17.7 Å². The van der Waals surface area contributed by atoms with Crippen molar-refractivity contribution >= 4 is 17.7 Å². The molecule has 1 unspecified atom stereocenters. The number of carbonyl (C=O) groups is 1. The monoisotopic (exact) mass is 317 g/mol. The first-order valence-electron chi connectivity index (χ1n) is 7.23. The van der Waals surface area contributed by atoms with E-state index in [1.54, 1.807) is 29.9 Å². The summed E-state index contributed by atoms with van der Waals surface area (Å²) in [5.41, 5.74) is 0.765. The number of imidazole rings is 1. The van der Waals surface area contributed by atoms with Gasteiger partial charge in [-0.2, -0.15) is 11.8 Å². The highest BCUT2D eigenvalue weighted by Crippen LogP contribution is 2.29. The van der Waals surface area contributed by atoms with Crippen LogP contribution in [-0.4, -0.2) is 50.0 Å². The van der Waals surface area contributed by atoms with Gasteiger partial charge in [0.1, 0.15) is 5.82 Å². The van der Waals surface area contributed by atoms with Crippen molar-refractivity contribution in [3.05, 3.63) is 42.4 Å². The molecule has 1 amide bonds. The van der Waals surface area contributed by atoms with Gasteiger partial charge in [0.15, 0.2) is 5.60 Å². The van der Waals surface area contributed by atoms with Crippen LogP contribution in [0.4, 0.5) is 0 Å². The third-order valence-corrected chi connectivity index (χ3v) is 5.02. The summed E-state index contributed by atoms with van der Waals surface area (Å²) in [6, 6.07) is 9.92. The molecule has 1 fully saturated rings. The van der Waals surface area contributed by atoms with Crippen LogP contribution >= 0.6 is 11.8 Å². The number of likely N-dealkylation sites (N-methyl/N-ethyl adjacent to an activating group) is 1. The number of carbonyl (C=O) groups excluding carboxylic acids is 1. The molecular weight excluding hydrogens is 298 g/mol. The minimum atomic E-state index is -1.21. The van der Waals surface area contributed by atoms with Gasteiger partial charge in [-0.3, -0.25) is 4.79 Å². The van der Waals surface area contributed by atoms with Gasteiger partial charge in [-0.1, -0.05) is 30.3 Å². The lowest BCUT2D eigenvalue weighted by Crippen LogP contribution is -2.47. The number of amides is 1. The normalized spacial score (nSPS) is 21.0. The lowest BCUT2D eigenvalue weighted by Gasteiger charge is -2.26. The topological polar surface area (TPSA) is 69.2 Å². The summed E-state index contributed by atoms with van der Waals surface area (Å²) >= 11 is 1.61. The average molecular weight is 317 g/mol. The number of aromatic nitrogens is 2. The fourth-order valence-corrected chi connectivity index (χ4v) is 3.81. The maximum absolute atomic E-state index is 12.4. The summed E-state index contributed by atoms with van der Waals surface area (Å²) in [6.45, 7) is 0.360. The molecule has 0 saturated carbocycles. The van der Waals surface area contributed by atoms with E-state index >= 15 is 0 Å². The number of hydrogen-bond acceptors (Lipinski definition) is 4. The number of hydrogen-bond donors (Lipinski definition) is 2. The minimum absolute atomic E-state index is 0.227. The maximum atomic E-state index is 12.4. The van der Waals surface area contributed by atoms with Crippen LogP contribution in [0, 0.1) is 0 Å². The van der Waals surface area contributed by atoms with Crippen molar-refractivity contribution in [1.82, 2.24) is 14.9 Å². The van der Waals surface area contributed by atoms with Crippen molar-refractivity contribution in [1.29, 1.82) is 0 Å². The lowest BCUT2D eigenvalue weighted by atomic mass is 10.0. The average Bonchev–Trinajstić information content (AvgIpc) is 3.17. The first-order valence-corrected chi connectivity index (χ1v) is 8.39. The molecule has 2 heterocycles. The zero-order chi connectivity index (χ0) is 15.6. The van der Waals surface area contributed by atoms with Crippen LogP contribution in [0.2, 0.25) is 0 Å². The van der Waals surface area contributed by atoms with E-state index in [1.165, 1.54) is 0 Å². The molecule has 3 rings (SSSR count). The number of thioether (sulfide) groups is 1. The van der Waals surface area contributed by atoms with Gasteiger partial charge in [0.05, 0.1) is 18.4 Å². The Bertz CT molecular complexity index is 650. The number of aromatic amines is 1. The molecule has 2 N–H and O–H groups in total. The molecular formula is C16H19N3O2S. The predicted molar refractivity (Wildman–Crippen MR) is 87.4 cm³/mol. The lowest BCUT2D eigenvalue weighted by molar-refractivity contribution is -0.147. The second kappa shape index (κ2) is 6.14. The van der Waals surface area contributed by atoms with Crippen molar-refractivity contribution < 1.29 is 9.90 Å². The van der Waals surface area contributed by atoms with Crippen molar-refractivity contribution in [2.24, 2.45) is 0 Å². The van der Waals surface area contributed by atoms with Gasteiger partial charge in [0.2, 0.25) is 0 Å². The number of benzene rings is 1. The van der Waals surface area contributed by atoms with Crippen LogP contribution in [0.25, 0.3) is 11.3 Å². The zero-order valence-corrected chi connectivity index (χ0v) is 13.3. The number of H-pyrrole nitrogens is 1. The first kappa shape index (κ1) is 15.1. The van der Waals surface area contributed by atoms with Gasteiger partial charge < -0.3 is 15.0 Å². The van der Waals surface area contributed by atoms with Gasteiger partial charge >= 0.3 is 0 Å². The number of nitrogens with one attached hydrogen (secondary N) is 1. The fourth-order valence-electron chi connectivity index (χ4n) is 2.58. The van der Waals surface area contributed by atoms with E-state index < -0.39 is 5.60 Å². The molecule has 22 heavy (non-hydrogen) atoms. The summed E-state index contributed by atoms with van der Waals surface area (Å²) in [4.78, 5) is 21.5. The summed E-state index contributed by atoms with van der Waals surface area (Å²) in [5.74, 6) is 1.79. The summed E-state index contributed by atoms with van der Waals surface area (Å²) in [5, 5.41) is 10.3. The molecule has 1 aromatic carbocycles. The van der Waals surface area contributed by atoms with E-state index in [9.17, 15) is 9.90 Å². The molecule has 1 aromatic heterocycles. The van der Waals surface area contributed by atoms with Crippen LogP contribution in [0.5, 0.6) is 0 Å². The third-order valence-electron chi connectivity index (χ3n) is 3.85. The van der Waals surface area contributed by atoms with Crippen LogP contribution < -0.4 is 0 Å². The Balaban J connectivity index is 1.68. The maximum Gasteiger partial charge on any atom is 0.255 e. The second-order valence-electron chi connectivity index (χ2n) is 5.60. The van der Waals surface area contributed by atoms with Crippen molar-refractivity contribution in [3.63, 3.8) is 0 Å². The molecule has 6 heteroatoms. The van der Waals surface area contributed by atoms with E-state index in [4.69, 9.17) is 0 Å². The predicted octanol–water partition coefficient (Wildman–Crippen LogP) is 1.90.